The summed E-state index contributed by atoms with van der Waals surface area (Å²) in [5.74, 6) is -0.874. The van der Waals surface area contributed by atoms with E-state index in [1.54, 1.807) is 0 Å². The summed E-state index contributed by atoms with van der Waals surface area (Å²) in [6.45, 7) is 6.57. The normalized spacial score (nSPS) is 12.0. The Kier molecular flexibility index (Phi) is 40.4. The van der Waals surface area contributed by atoms with Crippen LogP contribution in [-0.4, -0.2) is 37.2 Å². The standard InChI is InChI=1S/C46H86O6/c1-4-7-10-13-16-19-22-23-24-25-28-30-33-36-39-45(48)51-42-43(52-46(49)40-37-34-31-27-21-18-15-12-9-6-3)41-50-44(47)38-35-32-29-26-20-17-14-11-8-5-2/h12,15,43H,4-11,13-14,16-42H2,1-3H3/b15-12-. The summed E-state index contributed by atoms with van der Waals surface area (Å²) in [6.07, 6.45) is 43.4. The van der Waals surface area contributed by atoms with E-state index in [1.165, 1.54) is 135 Å². The number of unbranched alkanes of at least 4 members (excludes halogenated alkanes) is 28. The lowest BCUT2D eigenvalue weighted by molar-refractivity contribution is -0.167. The number of ether oxygens (including phenoxy) is 3. The van der Waals surface area contributed by atoms with Gasteiger partial charge in [0.25, 0.3) is 0 Å². The van der Waals surface area contributed by atoms with Gasteiger partial charge in [0.05, 0.1) is 0 Å². The quantitative estimate of drug-likeness (QED) is 0.0269. The molecule has 306 valence electrons. The van der Waals surface area contributed by atoms with Crippen molar-refractivity contribution in [2.45, 2.75) is 252 Å². The van der Waals surface area contributed by atoms with E-state index in [0.29, 0.717) is 19.3 Å². The maximum absolute atomic E-state index is 12.7. The lowest BCUT2D eigenvalue weighted by atomic mass is 10.0. The predicted molar refractivity (Wildman–Crippen MR) is 220 cm³/mol. The second kappa shape index (κ2) is 41.9. The molecule has 0 fully saturated rings. The number of allylic oxidation sites excluding steroid dienone is 2. The van der Waals surface area contributed by atoms with Crippen LogP contribution in [0.1, 0.15) is 245 Å². The van der Waals surface area contributed by atoms with E-state index in [2.05, 4.69) is 32.9 Å². The molecule has 0 aliphatic carbocycles. The van der Waals surface area contributed by atoms with Crippen LogP contribution >= 0.6 is 0 Å². The molecule has 0 saturated carbocycles. The molecule has 0 radical (unpaired) electrons. The molecule has 0 aromatic rings. The first kappa shape index (κ1) is 50.1. The number of carbonyl (C=O) groups is 3. The van der Waals surface area contributed by atoms with Gasteiger partial charge < -0.3 is 14.2 Å². The summed E-state index contributed by atoms with van der Waals surface area (Å²) >= 11 is 0. The van der Waals surface area contributed by atoms with Crippen molar-refractivity contribution in [1.29, 1.82) is 0 Å². The summed E-state index contributed by atoms with van der Waals surface area (Å²) < 4.78 is 16.7. The van der Waals surface area contributed by atoms with Crippen molar-refractivity contribution in [3.8, 4) is 0 Å². The molecule has 0 heterocycles. The van der Waals surface area contributed by atoms with Crippen LogP contribution in [0, 0.1) is 0 Å². The minimum atomic E-state index is -0.764. The van der Waals surface area contributed by atoms with Gasteiger partial charge in [-0.25, -0.2) is 0 Å². The van der Waals surface area contributed by atoms with Gasteiger partial charge in [-0.15, -0.1) is 0 Å². The first-order valence-electron chi connectivity index (χ1n) is 22.7. The topological polar surface area (TPSA) is 78.9 Å². The number of hydrogen-bond donors (Lipinski definition) is 0. The van der Waals surface area contributed by atoms with Crippen LogP contribution in [0.5, 0.6) is 0 Å². The number of carbonyl (C=O) groups excluding carboxylic acids is 3. The van der Waals surface area contributed by atoms with Gasteiger partial charge in [0, 0.05) is 19.3 Å². The van der Waals surface area contributed by atoms with E-state index in [1.807, 2.05) is 0 Å². The van der Waals surface area contributed by atoms with Crippen molar-refractivity contribution in [3.05, 3.63) is 12.2 Å². The SMILES string of the molecule is CCC/C=C\CCCCCCCC(=O)OC(COC(=O)CCCCCCCCCCCC)COC(=O)CCCCCCCCCCCCCCCC. The van der Waals surface area contributed by atoms with Gasteiger partial charge in [-0.1, -0.05) is 200 Å². The molecule has 0 N–H and O–H groups in total. The molecule has 6 nitrogen and oxygen atoms in total. The third kappa shape index (κ3) is 39.4. The highest BCUT2D eigenvalue weighted by Gasteiger charge is 2.19. The van der Waals surface area contributed by atoms with Crippen molar-refractivity contribution in [1.82, 2.24) is 0 Å². The number of esters is 3. The summed E-state index contributed by atoms with van der Waals surface area (Å²) in [7, 11) is 0. The summed E-state index contributed by atoms with van der Waals surface area (Å²) in [5, 5.41) is 0. The lowest BCUT2D eigenvalue weighted by Crippen LogP contribution is -2.30. The van der Waals surface area contributed by atoms with Crippen LogP contribution in [0.15, 0.2) is 12.2 Å². The molecular weight excluding hydrogens is 649 g/mol. The molecule has 0 aliphatic rings. The van der Waals surface area contributed by atoms with E-state index in [4.69, 9.17) is 14.2 Å². The molecule has 0 saturated heterocycles. The smallest absolute Gasteiger partial charge is 0.306 e. The van der Waals surface area contributed by atoms with Gasteiger partial charge in [0.2, 0.25) is 0 Å². The Bertz CT molecular complexity index is 809. The van der Waals surface area contributed by atoms with Crippen molar-refractivity contribution in [2.24, 2.45) is 0 Å². The van der Waals surface area contributed by atoms with E-state index < -0.39 is 6.10 Å². The fraction of sp³-hybridized carbons (Fsp3) is 0.891. The summed E-state index contributed by atoms with van der Waals surface area (Å²) in [5.41, 5.74) is 0. The zero-order valence-corrected chi connectivity index (χ0v) is 34.8. The van der Waals surface area contributed by atoms with E-state index in [0.717, 1.165) is 70.6 Å². The zero-order chi connectivity index (χ0) is 38.0. The maximum Gasteiger partial charge on any atom is 0.306 e. The molecule has 1 atom stereocenters. The largest absolute Gasteiger partial charge is 0.462 e. The van der Waals surface area contributed by atoms with Crippen LogP contribution in [0.25, 0.3) is 0 Å². The predicted octanol–water partition coefficient (Wildman–Crippen LogP) is 14.3. The van der Waals surface area contributed by atoms with Crippen molar-refractivity contribution in [2.75, 3.05) is 13.2 Å². The van der Waals surface area contributed by atoms with Gasteiger partial charge in [0.1, 0.15) is 13.2 Å². The van der Waals surface area contributed by atoms with Crippen molar-refractivity contribution in [3.63, 3.8) is 0 Å². The highest BCUT2D eigenvalue weighted by Crippen LogP contribution is 2.15. The van der Waals surface area contributed by atoms with Crippen LogP contribution in [-0.2, 0) is 28.6 Å². The Hall–Kier alpha value is -1.85. The summed E-state index contributed by atoms with van der Waals surface area (Å²) in [6, 6.07) is 0. The van der Waals surface area contributed by atoms with E-state index >= 15 is 0 Å². The molecule has 0 aliphatic heterocycles. The molecular formula is C46H86O6. The molecule has 0 amide bonds. The fourth-order valence-electron chi connectivity index (χ4n) is 6.56. The monoisotopic (exact) mass is 735 g/mol. The molecule has 0 rings (SSSR count). The van der Waals surface area contributed by atoms with E-state index in [9.17, 15) is 14.4 Å². The molecule has 0 aromatic carbocycles. The lowest BCUT2D eigenvalue weighted by Gasteiger charge is -2.18. The second-order valence-electron chi connectivity index (χ2n) is 15.3. The summed E-state index contributed by atoms with van der Waals surface area (Å²) in [4.78, 5) is 37.6. The van der Waals surface area contributed by atoms with Crippen LogP contribution in [0.3, 0.4) is 0 Å². The van der Waals surface area contributed by atoms with Gasteiger partial charge in [-0.05, 0) is 38.5 Å². The van der Waals surface area contributed by atoms with Gasteiger partial charge in [0.15, 0.2) is 6.10 Å². The van der Waals surface area contributed by atoms with Crippen molar-refractivity contribution < 1.29 is 28.6 Å². The number of hydrogen-bond acceptors (Lipinski definition) is 6. The Morgan fingerprint density at radius 1 is 0.365 bits per heavy atom. The van der Waals surface area contributed by atoms with Crippen LogP contribution in [0.4, 0.5) is 0 Å². The third-order valence-corrected chi connectivity index (χ3v) is 10.0. The van der Waals surface area contributed by atoms with Gasteiger partial charge >= 0.3 is 17.9 Å². The van der Waals surface area contributed by atoms with Crippen molar-refractivity contribution >= 4 is 17.9 Å². The molecule has 6 heteroatoms. The maximum atomic E-state index is 12.7. The van der Waals surface area contributed by atoms with Gasteiger partial charge in [-0.3, -0.25) is 14.4 Å². The Morgan fingerprint density at radius 2 is 0.673 bits per heavy atom. The molecule has 52 heavy (non-hydrogen) atoms. The molecule has 0 bridgehead atoms. The first-order chi connectivity index (χ1) is 25.5. The zero-order valence-electron chi connectivity index (χ0n) is 34.8. The Balaban J connectivity index is 4.31. The second-order valence-corrected chi connectivity index (χ2v) is 15.3. The number of rotatable bonds is 41. The van der Waals surface area contributed by atoms with Crippen LogP contribution in [0.2, 0.25) is 0 Å². The Morgan fingerprint density at radius 3 is 1.04 bits per heavy atom. The highest BCUT2D eigenvalue weighted by molar-refractivity contribution is 5.71. The molecule has 1 unspecified atom stereocenters. The molecule has 0 aromatic heterocycles. The fourth-order valence-corrected chi connectivity index (χ4v) is 6.56. The van der Waals surface area contributed by atoms with Crippen LogP contribution < -0.4 is 0 Å². The highest BCUT2D eigenvalue weighted by atomic mass is 16.6. The molecule has 0 spiro atoms. The van der Waals surface area contributed by atoms with E-state index in [-0.39, 0.29) is 31.1 Å². The Labute approximate surface area is 322 Å². The minimum absolute atomic E-state index is 0.0692. The van der Waals surface area contributed by atoms with Gasteiger partial charge in [-0.2, -0.15) is 0 Å². The average molecular weight is 735 g/mol. The third-order valence-electron chi connectivity index (χ3n) is 10.0. The first-order valence-corrected chi connectivity index (χ1v) is 22.7. The average Bonchev–Trinajstić information content (AvgIpc) is 3.14. The minimum Gasteiger partial charge on any atom is -0.462 e.